The number of carboxylic acids is 1. The molecule has 0 aliphatic carbocycles. The number of aromatic carboxylic acids is 1. The molecule has 0 aliphatic heterocycles. The van der Waals surface area contributed by atoms with E-state index in [4.69, 9.17) is 9.84 Å². The Morgan fingerprint density at radius 3 is 2.53 bits per heavy atom. The fourth-order valence-electron chi connectivity index (χ4n) is 1.66. The van der Waals surface area contributed by atoms with Crippen molar-refractivity contribution < 1.29 is 19.0 Å². The summed E-state index contributed by atoms with van der Waals surface area (Å²) < 4.78 is 18.8. The van der Waals surface area contributed by atoms with Gasteiger partial charge in [0, 0.05) is 6.07 Å². The van der Waals surface area contributed by atoms with Crippen LogP contribution in [0, 0.1) is 19.7 Å². The van der Waals surface area contributed by atoms with Crippen molar-refractivity contribution in [3.8, 4) is 11.5 Å². The molecule has 0 aliphatic rings. The van der Waals surface area contributed by atoms with Crippen LogP contribution < -0.4 is 4.74 Å². The van der Waals surface area contributed by atoms with Gasteiger partial charge in [-0.1, -0.05) is 17.7 Å². The minimum Gasteiger partial charge on any atom is -0.478 e. The fraction of sp³-hybridized carbons (Fsp3) is 0.133. The van der Waals surface area contributed by atoms with Gasteiger partial charge in [0.25, 0.3) is 0 Å². The molecule has 0 fully saturated rings. The molecule has 0 saturated carbocycles. The highest BCUT2D eigenvalue weighted by Crippen LogP contribution is 2.27. The van der Waals surface area contributed by atoms with Crippen LogP contribution >= 0.6 is 0 Å². The molecule has 0 spiro atoms. The van der Waals surface area contributed by atoms with Gasteiger partial charge in [-0.2, -0.15) is 0 Å². The quantitative estimate of drug-likeness (QED) is 0.909. The Labute approximate surface area is 110 Å². The summed E-state index contributed by atoms with van der Waals surface area (Å²) in [5, 5.41) is 9.11. The predicted octanol–water partition coefficient (Wildman–Crippen LogP) is 3.93. The van der Waals surface area contributed by atoms with Crippen LogP contribution in [-0.2, 0) is 0 Å². The van der Waals surface area contributed by atoms with Gasteiger partial charge in [-0.25, -0.2) is 9.18 Å². The van der Waals surface area contributed by atoms with Crippen LogP contribution in [-0.4, -0.2) is 11.1 Å². The number of carbonyl (C=O) groups is 1. The third kappa shape index (κ3) is 2.91. The number of ether oxygens (including phenoxy) is 1. The molecule has 4 heteroatoms. The van der Waals surface area contributed by atoms with E-state index in [2.05, 4.69) is 0 Å². The van der Waals surface area contributed by atoms with Crippen molar-refractivity contribution in [2.24, 2.45) is 0 Å². The summed E-state index contributed by atoms with van der Waals surface area (Å²) in [5.74, 6) is -0.997. The summed E-state index contributed by atoms with van der Waals surface area (Å²) in [6.07, 6.45) is 0. The van der Waals surface area contributed by atoms with Crippen LogP contribution in [0.3, 0.4) is 0 Å². The lowest BCUT2D eigenvalue weighted by molar-refractivity contribution is 0.0694. The molecule has 0 atom stereocenters. The average Bonchev–Trinajstić information content (AvgIpc) is 2.36. The first-order chi connectivity index (χ1) is 8.97. The Bertz CT molecular complexity index is 635. The van der Waals surface area contributed by atoms with Crippen molar-refractivity contribution in [1.82, 2.24) is 0 Å². The topological polar surface area (TPSA) is 46.5 Å². The Kier molecular flexibility index (Phi) is 3.51. The zero-order chi connectivity index (χ0) is 14.0. The first kappa shape index (κ1) is 13.1. The fourth-order valence-corrected chi connectivity index (χ4v) is 1.66. The molecular weight excluding hydrogens is 247 g/mol. The zero-order valence-electron chi connectivity index (χ0n) is 10.6. The van der Waals surface area contributed by atoms with Gasteiger partial charge in [0.15, 0.2) is 0 Å². The molecule has 19 heavy (non-hydrogen) atoms. The molecule has 0 saturated heterocycles. The second-order valence-corrected chi connectivity index (χ2v) is 4.32. The molecule has 3 nitrogen and oxygen atoms in total. The van der Waals surface area contributed by atoms with Gasteiger partial charge in [-0.15, -0.1) is 0 Å². The number of halogens is 1. The van der Waals surface area contributed by atoms with Gasteiger partial charge >= 0.3 is 5.97 Å². The Morgan fingerprint density at radius 2 is 1.89 bits per heavy atom. The molecule has 0 radical (unpaired) electrons. The Hall–Kier alpha value is -2.36. The number of carboxylic acid groups (broad SMARTS) is 1. The molecule has 1 N–H and O–H groups in total. The highest BCUT2D eigenvalue weighted by Gasteiger charge is 2.12. The van der Waals surface area contributed by atoms with Crippen LogP contribution in [0.4, 0.5) is 4.39 Å². The summed E-state index contributed by atoms with van der Waals surface area (Å²) in [6.45, 7) is 3.44. The summed E-state index contributed by atoms with van der Waals surface area (Å²) in [4.78, 5) is 11.1. The molecule has 0 bridgehead atoms. The molecule has 98 valence electrons. The SMILES string of the molecule is Cc1ccc(Oc2ccc(C)c(F)c2)c(C(=O)O)c1. The van der Waals surface area contributed by atoms with Crippen molar-refractivity contribution in [2.45, 2.75) is 13.8 Å². The van der Waals surface area contributed by atoms with Crippen LogP contribution in [0.5, 0.6) is 11.5 Å². The van der Waals surface area contributed by atoms with E-state index in [1.165, 1.54) is 12.1 Å². The maximum absolute atomic E-state index is 13.4. The average molecular weight is 260 g/mol. The normalized spacial score (nSPS) is 10.3. The first-order valence-electron chi connectivity index (χ1n) is 5.75. The minimum absolute atomic E-state index is 0.0565. The number of benzene rings is 2. The summed E-state index contributed by atoms with van der Waals surface area (Å²) in [6, 6.07) is 9.25. The lowest BCUT2D eigenvalue weighted by atomic mass is 10.1. The number of rotatable bonds is 3. The molecule has 2 aromatic rings. The maximum atomic E-state index is 13.4. The molecule has 0 aromatic heterocycles. The molecule has 2 aromatic carbocycles. The van der Waals surface area contributed by atoms with E-state index in [0.717, 1.165) is 5.56 Å². The number of hydrogen-bond acceptors (Lipinski definition) is 2. The molecule has 2 rings (SSSR count). The second-order valence-electron chi connectivity index (χ2n) is 4.32. The lowest BCUT2D eigenvalue weighted by Crippen LogP contribution is -2.00. The third-order valence-corrected chi connectivity index (χ3v) is 2.74. The van der Waals surface area contributed by atoms with E-state index in [1.807, 2.05) is 0 Å². The van der Waals surface area contributed by atoms with Gasteiger partial charge in [0.05, 0.1) is 0 Å². The van der Waals surface area contributed by atoms with Crippen LogP contribution in [0.15, 0.2) is 36.4 Å². The van der Waals surface area contributed by atoms with Gasteiger partial charge in [0.2, 0.25) is 0 Å². The van der Waals surface area contributed by atoms with E-state index in [-0.39, 0.29) is 22.9 Å². The second kappa shape index (κ2) is 5.10. The predicted molar refractivity (Wildman–Crippen MR) is 69.3 cm³/mol. The van der Waals surface area contributed by atoms with Crippen LogP contribution in [0.1, 0.15) is 21.5 Å². The monoisotopic (exact) mass is 260 g/mol. The van der Waals surface area contributed by atoms with Crippen LogP contribution in [0.2, 0.25) is 0 Å². The smallest absolute Gasteiger partial charge is 0.339 e. The third-order valence-electron chi connectivity index (χ3n) is 2.74. The van der Waals surface area contributed by atoms with E-state index in [1.54, 1.807) is 38.1 Å². The largest absolute Gasteiger partial charge is 0.478 e. The van der Waals surface area contributed by atoms with Gasteiger partial charge in [-0.05, 0) is 37.6 Å². The van der Waals surface area contributed by atoms with E-state index < -0.39 is 5.97 Å². The van der Waals surface area contributed by atoms with E-state index in [0.29, 0.717) is 5.56 Å². The van der Waals surface area contributed by atoms with Crippen molar-refractivity contribution in [3.05, 3.63) is 58.9 Å². The zero-order valence-corrected chi connectivity index (χ0v) is 10.6. The van der Waals surface area contributed by atoms with Gasteiger partial charge in [-0.3, -0.25) is 0 Å². The van der Waals surface area contributed by atoms with Crippen LogP contribution in [0.25, 0.3) is 0 Å². The van der Waals surface area contributed by atoms with Gasteiger partial charge < -0.3 is 9.84 Å². The first-order valence-corrected chi connectivity index (χ1v) is 5.75. The van der Waals surface area contributed by atoms with E-state index in [9.17, 15) is 9.18 Å². The van der Waals surface area contributed by atoms with E-state index >= 15 is 0 Å². The maximum Gasteiger partial charge on any atom is 0.339 e. The van der Waals surface area contributed by atoms with Gasteiger partial charge in [0.1, 0.15) is 22.9 Å². The van der Waals surface area contributed by atoms with Crippen molar-refractivity contribution in [2.75, 3.05) is 0 Å². The highest BCUT2D eigenvalue weighted by atomic mass is 19.1. The molecular formula is C15H13FO3. The summed E-state index contributed by atoms with van der Waals surface area (Å²) in [7, 11) is 0. The molecule has 0 unspecified atom stereocenters. The highest BCUT2D eigenvalue weighted by molar-refractivity contribution is 5.91. The standard InChI is InChI=1S/C15H13FO3/c1-9-3-6-14(12(7-9)15(17)18)19-11-5-4-10(2)13(16)8-11/h3-8H,1-2H3,(H,17,18). The van der Waals surface area contributed by atoms with Crippen molar-refractivity contribution >= 4 is 5.97 Å². The summed E-state index contributed by atoms with van der Waals surface area (Å²) in [5.41, 5.74) is 1.38. The minimum atomic E-state index is -1.08. The molecule has 0 heterocycles. The molecule has 0 amide bonds. The van der Waals surface area contributed by atoms with Crippen molar-refractivity contribution in [3.63, 3.8) is 0 Å². The summed E-state index contributed by atoms with van der Waals surface area (Å²) >= 11 is 0. The number of hydrogen-bond donors (Lipinski definition) is 1. The number of aryl methyl sites for hydroxylation is 2. The Morgan fingerprint density at radius 1 is 1.16 bits per heavy atom. The lowest BCUT2D eigenvalue weighted by Gasteiger charge is -2.10. The van der Waals surface area contributed by atoms with Crippen molar-refractivity contribution in [1.29, 1.82) is 0 Å². The Balaban J connectivity index is 2.37.